The molecule has 3 aromatic rings. The topological polar surface area (TPSA) is 24.4 Å². The molecule has 1 heterocycles. The van der Waals surface area contributed by atoms with Crippen LogP contribution < -0.4 is 5.32 Å². The lowest BCUT2D eigenvalue weighted by Crippen LogP contribution is -2.31. The minimum Gasteiger partial charge on any atom is -0.370 e. The Balaban J connectivity index is 1.66. The summed E-state index contributed by atoms with van der Waals surface area (Å²) in [7, 11) is 0. The molecule has 0 amide bonds. The van der Waals surface area contributed by atoms with Gasteiger partial charge in [-0.1, -0.05) is 54.6 Å². The molecule has 0 saturated carbocycles. The van der Waals surface area contributed by atoms with Crippen LogP contribution in [0, 0.1) is 5.82 Å². The van der Waals surface area contributed by atoms with Crippen LogP contribution in [-0.4, -0.2) is 18.9 Å². The number of nitrogens with one attached hydrogen (secondary N) is 1. The Morgan fingerprint density at radius 2 is 1.76 bits per heavy atom. The highest BCUT2D eigenvalue weighted by Gasteiger charge is 2.15. The van der Waals surface area contributed by atoms with Gasteiger partial charge in [-0.25, -0.2) is 4.39 Å². The van der Waals surface area contributed by atoms with Gasteiger partial charge in [-0.05, 0) is 47.2 Å². The van der Waals surface area contributed by atoms with Gasteiger partial charge in [0.25, 0.3) is 0 Å². The minimum absolute atomic E-state index is 0.146. The van der Waals surface area contributed by atoms with Crippen LogP contribution >= 0.6 is 0 Å². The fraction of sp³-hybridized carbons (Fsp3) is 0.227. The van der Waals surface area contributed by atoms with Gasteiger partial charge in [0.1, 0.15) is 11.7 Å². The van der Waals surface area contributed by atoms with Crippen molar-refractivity contribution in [2.24, 2.45) is 4.99 Å². The first kappa shape index (κ1) is 15.8. The summed E-state index contributed by atoms with van der Waals surface area (Å²) in [6.45, 7) is 1.71. The van der Waals surface area contributed by atoms with Crippen LogP contribution in [0.2, 0.25) is 0 Å². The van der Waals surface area contributed by atoms with Gasteiger partial charge in [0.2, 0.25) is 0 Å². The van der Waals surface area contributed by atoms with E-state index in [0.717, 1.165) is 42.9 Å². The Hall–Kier alpha value is -2.68. The Morgan fingerprint density at radius 3 is 2.64 bits per heavy atom. The van der Waals surface area contributed by atoms with Crippen molar-refractivity contribution in [3.63, 3.8) is 0 Å². The summed E-state index contributed by atoms with van der Waals surface area (Å²) in [6.07, 6.45) is 2.50. The average Bonchev–Trinajstić information content (AvgIpc) is 2.67. The molecule has 0 saturated heterocycles. The second kappa shape index (κ2) is 7.06. The normalized spacial score (nSPS) is 14.2. The quantitative estimate of drug-likeness (QED) is 0.747. The molecule has 126 valence electrons. The monoisotopic (exact) mass is 332 g/mol. The fourth-order valence-electron chi connectivity index (χ4n) is 3.52. The first-order valence-electron chi connectivity index (χ1n) is 8.85. The molecule has 0 aromatic heterocycles. The number of halogens is 1. The third kappa shape index (κ3) is 3.27. The maximum absolute atomic E-state index is 14.5. The van der Waals surface area contributed by atoms with E-state index in [-0.39, 0.29) is 5.82 Å². The molecule has 4 rings (SSSR count). The molecule has 0 atom stereocenters. The molecule has 2 nitrogen and oxygen atoms in total. The molecule has 1 aliphatic rings. The number of rotatable bonds is 4. The zero-order valence-corrected chi connectivity index (χ0v) is 14.1. The molecule has 3 heteroatoms. The first-order valence-corrected chi connectivity index (χ1v) is 8.85. The molecule has 0 spiro atoms. The molecule has 3 aromatic carbocycles. The van der Waals surface area contributed by atoms with E-state index >= 15 is 0 Å². The van der Waals surface area contributed by atoms with Gasteiger partial charge >= 0.3 is 0 Å². The Labute approximate surface area is 147 Å². The number of aryl methyl sites for hydroxylation is 1. The van der Waals surface area contributed by atoms with E-state index in [1.807, 2.05) is 12.1 Å². The Morgan fingerprint density at radius 1 is 0.920 bits per heavy atom. The van der Waals surface area contributed by atoms with Crippen molar-refractivity contribution in [3.8, 4) is 0 Å². The fourth-order valence-corrected chi connectivity index (χ4v) is 3.52. The van der Waals surface area contributed by atoms with Crippen LogP contribution in [-0.2, 0) is 12.8 Å². The highest BCUT2D eigenvalue weighted by atomic mass is 19.1. The maximum Gasteiger partial charge on any atom is 0.128 e. The van der Waals surface area contributed by atoms with Crippen molar-refractivity contribution < 1.29 is 4.39 Å². The van der Waals surface area contributed by atoms with Crippen molar-refractivity contribution >= 4 is 16.6 Å². The second-order valence-electron chi connectivity index (χ2n) is 6.41. The maximum atomic E-state index is 14.5. The summed E-state index contributed by atoms with van der Waals surface area (Å²) < 4.78 is 14.5. The molecule has 0 unspecified atom stereocenters. The number of aliphatic imine (C=N–C) groups is 1. The van der Waals surface area contributed by atoms with Gasteiger partial charge in [-0.15, -0.1) is 0 Å². The number of hydrogen-bond acceptors (Lipinski definition) is 2. The zero-order valence-electron chi connectivity index (χ0n) is 14.1. The van der Waals surface area contributed by atoms with Gasteiger partial charge in [0.05, 0.1) is 0 Å². The molecule has 0 aliphatic carbocycles. The average molecular weight is 332 g/mol. The Kier molecular flexibility index (Phi) is 4.47. The number of nitrogens with zero attached hydrogens (tertiary/aromatic N) is 1. The summed E-state index contributed by atoms with van der Waals surface area (Å²) in [6, 6.07) is 20.0. The highest BCUT2D eigenvalue weighted by molar-refractivity contribution is 6.00. The van der Waals surface area contributed by atoms with Gasteiger partial charge in [-0.3, -0.25) is 4.99 Å². The largest absolute Gasteiger partial charge is 0.370 e. The number of fused-ring (bicyclic) bond motifs is 1. The molecule has 1 N–H and O–H groups in total. The minimum atomic E-state index is -0.146. The summed E-state index contributed by atoms with van der Waals surface area (Å²) in [4.78, 5) is 4.55. The lowest BCUT2D eigenvalue weighted by Gasteiger charge is -2.18. The van der Waals surface area contributed by atoms with Gasteiger partial charge < -0.3 is 5.32 Å². The number of amidine groups is 1. The van der Waals surface area contributed by atoms with Crippen LogP contribution in [0.1, 0.15) is 23.1 Å². The summed E-state index contributed by atoms with van der Waals surface area (Å²) in [5, 5.41) is 5.79. The molecular weight excluding hydrogens is 311 g/mol. The first-order chi connectivity index (χ1) is 12.3. The smallest absolute Gasteiger partial charge is 0.128 e. The van der Waals surface area contributed by atoms with E-state index in [1.165, 1.54) is 16.3 Å². The molecule has 0 radical (unpaired) electrons. The zero-order chi connectivity index (χ0) is 17.1. The van der Waals surface area contributed by atoms with E-state index < -0.39 is 0 Å². The van der Waals surface area contributed by atoms with Crippen LogP contribution in [0.25, 0.3) is 10.8 Å². The lowest BCUT2D eigenvalue weighted by atomic mass is 9.95. The van der Waals surface area contributed by atoms with Crippen molar-refractivity contribution in [1.29, 1.82) is 0 Å². The summed E-state index contributed by atoms with van der Waals surface area (Å²) >= 11 is 0. The van der Waals surface area contributed by atoms with Gasteiger partial charge in [0, 0.05) is 18.7 Å². The van der Waals surface area contributed by atoms with E-state index in [4.69, 9.17) is 0 Å². The van der Waals surface area contributed by atoms with E-state index in [2.05, 4.69) is 46.7 Å². The molecule has 25 heavy (non-hydrogen) atoms. The van der Waals surface area contributed by atoms with E-state index in [0.29, 0.717) is 6.42 Å². The van der Waals surface area contributed by atoms with Gasteiger partial charge in [0.15, 0.2) is 0 Å². The summed E-state index contributed by atoms with van der Waals surface area (Å²) in [5.41, 5.74) is 2.91. The lowest BCUT2D eigenvalue weighted by molar-refractivity contribution is 0.607. The number of benzene rings is 3. The van der Waals surface area contributed by atoms with Crippen molar-refractivity contribution in [1.82, 2.24) is 5.32 Å². The third-order valence-electron chi connectivity index (χ3n) is 4.80. The van der Waals surface area contributed by atoms with Gasteiger partial charge in [-0.2, -0.15) is 0 Å². The molecule has 0 fully saturated rings. The molecule has 1 aliphatic heterocycles. The van der Waals surface area contributed by atoms with E-state index in [1.54, 1.807) is 12.1 Å². The standard InChI is InChI=1S/C22H21FN2/c23-21-11-4-10-20(22-24-14-5-15-25-22)19(21)13-12-17-8-3-7-16-6-1-2-9-18(16)17/h1-4,6-11H,5,12-15H2,(H,24,25). The predicted octanol–water partition coefficient (Wildman–Crippen LogP) is 4.50. The second-order valence-corrected chi connectivity index (χ2v) is 6.41. The summed E-state index contributed by atoms with van der Waals surface area (Å²) in [5.74, 6) is 0.687. The van der Waals surface area contributed by atoms with Crippen molar-refractivity contribution in [2.75, 3.05) is 13.1 Å². The molecule has 0 bridgehead atoms. The van der Waals surface area contributed by atoms with Crippen molar-refractivity contribution in [2.45, 2.75) is 19.3 Å². The highest BCUT2D eigenvalue weighted by Crippen LogP contribution is 2.22. The van der Waals surface area contributed by atoms with Crippen LogP contribution in [0.5, 0.6) is 0 Å². The SMILES string of the molecule is Fc1cccc(C2=NCCCN2)c1CCc1cccc2ccccc12. The van der Waals surface area contributed by atoms with Crippen LogP contribution in [0.4, 0.5) is 4.39 Å². The van der Waals surface area contributed by atoms with Crippen LogP contribution in [0.15, 0.2) is 65.7 Å². The number of hydrogen-bond donors (Lipinski definition) is 1. The van der Waals surface area contributed by atoms with Crippen LogP contribution in [0.3, 0.4) is 0 Å². The Bertz CT molecular complexity index is 925. The van der Waals surface area contributed by atoms with E-state index in [9.17, 15) is 4.39 Å². The van der Waals surface area contributed by atoms with Crippen molar-refractivity contribution in [3.05, 3.63) is 83.2 Å². The predicted molar refractivity (Wildman–Crippen MR) is 102 cm³/mol. The molecular formula is C22H21FN2. The third-order valence-corrected chi connectivity index (χ3v) is 4.80.